The molecular weight excluding hydrogens is 194 g/mol. The van der Waals surface area contributed by atoms with Crippen LogP contribution in [0.15, 0.2) is 29.2 Å². The summed E-state index contributed by atoms with van der Waals surface area (Å²) in [5.74, 6) is 1.22. The van der Waals surface area contributed by atoms with Crippen molar-refractivity contribution in [3.63, 3.8) is 0 Å². The van der Waals surface area contributed by atoms with Crippen LogP contribution in [0.3, 0.4) is 0 Å². The van der Waals surface area contributed by atoms with Gasteiger partial charge in [0, 0.05) is 17.3 Å². The first-order valence-electron chi connectivity index (χ1n) is 4.50. The van der Waals surface area contributed by atoms with E-state index < -0.39 is 0 Å². The molecule has 1 atom stereocenters. The number of benzene rings is 1. The molecule has 1 aromatic rings. The van der Waals surface area contributed by atoms with Crippen molar-refractivity contribution in [2.45, 2.75) is 11.8 Å². The lowest BCUT2D eigenvalue weighted by atomic mass is 10.2. The maximum absolute atomic E-state index is 8.84. The van der Waals surface area contributed by atoms with E-state index in [4.69, 9.17) is 10.4 Å². The van der Waals surface area contributed by atoms with Crippen molar-refractivity contribution in [2.75, 3.05) is 12.4 Å². The normalized spacial score (nSPS) is 12.1. The predicted octanol–water partition coefficient (Wildman–Crippen LogP) is 2.28. The monoisotopic (exact) mass is 207 g/mol. The highest BCUT2D eigenvalue weighted by Gasteiger charge is 2.01. The molecule has 0 heterocycles. The fourth-order valence-corrected chi connectivity index (χ4v) is 1.83. The van der Waals surface area contributed by atoms with Gasteiger partial charge in [0.05, 0.1) is 11.6 Å². The Morgan fingerprint density at radius 1 is 1.43 bits per heavy atom. The van der Waals surface area contributed by atoms with Crippen LogP contribution in [0.25, 0.3) is 0 Å². The van der Waals surface area contributed by atoms with Crippen molar-refractivity contribution in [3.8, 4) is 6.07 Å². The maximum Gasteiger partial charge on any atom is 0.0991 e. The smallest absolute Gasteiger partial charge is 0.0991 e. The lowest BCUT2D eigenvalue weighted by Gasteiger charge is -2.06. The van der Waals surface area contributed by atoms with Crippen molar-refractivity contribution in [2.24, 2.45) is 5.92 Å². The summed E-state index contributed by atoms with van der Waals surface area (Å²) in [5.41, 5.74) is 0.685. The van der Waals surface area contributed by atoms with Gasteiger partial charge in [0.1, 0.15) is 0 Å². The van der Waals surface area contributed by atoms with E-state index in [0.29, 0.717) is 11.5 Å². The molecule has 0 aromatic heterocycles. The van der Waals surface area contributed by atoms with Crippen LogP contribution in [0, 0.1) is 17.2 Å². The molecular formula is C11H13NOS. The SMILES string of the molecule is CC(CO)CSc1ccc(C#N)cc1. The first-order valence-corrected chi connectivity index (χ1v) is 5.48. The van der Waals surface area contributed by atoms with E-state index in [0.717, 1.165) is 10.6 Å². The summed E-state index contributed by atoms with van der Waals surface area (Å²) >= 11 is 1.70. The summed E-state index contributed by atoms with van der Waals surface area (Å²) < 4.78 is 0. The Bertz CT molecular complexity index is 315. The average Bonchev–Trinajstić information content (AvgIpc) is 2.26. The Morgan fingerprint density at radius 3 is 2.57 bits per heavy atom. The first kappa shape index (κ1) is 11.1. The molecule has 3 heteroatoms. The van der Waals surface area contributed by atoms with E-state index in [2.05, 4.69) is 6.07 Å². The summed E-state index contributed by atoms with van der Waals surface area (Å²) in [6.07, 6.45) is 0. The van der Waals surface area contributed by atoms with Crippen molar-refractivity contribution in [1.29, 1.82) is 5.26 Å². The van der Waals surface area contributed by atoms with Crippen LogP contribution in [0.2, 0.25) is 0 Å². The zero-order chi connectivity index (χ0) is 10.4. The molecule has 1 rings (SSSR count). The second-order valence-corrected chi connectivity index (χ2v) is 4.33. The van der Waals surface area contributed by atoms with E-state index in [1.165, 1.54) is 0 Å². The van der Waals surface area contributed by atoms with Crippen LogP contribution in [0.5, 0.6) is 0 Å². The predicted molar refractivity (Wildman–Crippen MR) is 58.1 cm³/mol. The summed E-state index contributed by atoms with van der Waals surface area (Å²) in [5, 5.41) is 17.4. The molecule has 0 saturated carbocycles. The van der Waals surface area contributed by atoms with Gasteiger partial charge in [-0.2, -0.15) is 5.26 Å². The molecule has 1 unspecified atom stereocenters. The van der Waals surface area contributed by atoms with Gasteiger partial charge in [-0.1, -0.05) is 6.92 Å². The quantitative estimate of drug-likeness (QED) is 0.770. The van der Waals surface area contributed by atoms with E-state index in [-0.39, 0.29) is 6.61 Å². The second kappa shape index (κ2) is 5.69. The van der Waals surface area contributed by atoms with E-state index in [1.807, 2.05) is 31.2 Å². The van der Waals surface area contributed by atoms with Gasteiger partial charge in [-0.3, -0.25) is 0 Å². The van der Waals surface area contributed by atoms with Gasteiger partial charge in [-0.15, -0.1) is 11.8 Å². The number of thioether (sulfide) groups is 1. The summed E-state index contributed by atoms with van der Waals surface area (Å²) in [7, 11) is 0. The third-order valence-corrected chi connectivity index (χ3v) is 3.17. The summed E-state index contributed by atoms with van der Waals surface area (Å²) in [4.78, 5) is 1.14. The molecule has 0 aliphatic heterocycles. The minimum absolute atomic E-state index is 0.225. The molecule has 0 amide bonds. The zero-order valence-corrected chi connectivity index (χ0v) is 8.92. The third kappa shape index (κ3) is 3.41. The molecule has 1 aromatic carbocycles. The van der Waals surface area contributed by atoms with Crippen molar-refractivity contribution < 1.29 is 5.11 Å². The van der Waals surface area contributed by atoms with Crippen molar-refractivity contribution in [3.05, 3.63) is 29.8 Å². The van der Waals surface area contributed by atoms with Crippen LogP contribution < -0.4 is 0 Å². The second-order valence-electron chi connectivity index (χ2n) is 3.23. The number of hydrogen-bond acceptors (Lipinski definition) is 3. The Balaban J connectivity index is 2.49. The molecule has 0 aliphatic carbocycles. The number of nitriles is 1. The van der Waals surface area contributed by atoms with Gasteiger partial charge < -0.3 is 5.11 Å². The highest BCUT2D eigenvalue weighted by Crippen LogP contribution is 2.20. The largest absolute Gasteiger partial charge is 0.396 e. The van der Waals surface area contributed by atoms with Gasteiger partial charge in [0.25, 0.3) is 0 Å². The van der Waals surface area contributed by atoms with Gasteiger partial charge in [-0.05, 0) is 30.2 Å². The first-order chi connectivity index (χ1) is 6.76. The number of rotatable bonds is 4. The fourth-order valence-electron chi connectivity index (χ4n) is 0.917. The average molecular weight is 207 g/mol. The molecule has 0 radical (unpaired) electrons. The minimum atomic E-state index is 0.225. The lowest BCUT2D eigenvalue weighted by molar-refractivity contribution is 0.250. The Morgan fingerprint density at radius 2 is 2.07 bits per heavy atom. The van der Waals surface area contributed by atoms with E-state index in [9.17, 15) is 0 Å². The molecule has 0 aliphatic rings. The standard InChI is InChI=1S/C11H13NOS/c1-9(7-13)8-14-11-4-2-10(6-12)3-5-11/h2-5,9,13H,7-8H2,1H3. The summed E-state index contributed by atoms with van der Waals surface area (Å²) in [6, 6.07) is 9.58. The Labute approximate surface area is 88.6 Å². The van der Waals surface area contributed by atoms with Gasteiger partial charge in [0.2, 0.25) is 0 Å². The van der Waals surface area contributed by atoms with Crippen LogP contribution in [0.4, 0.5) is 0 Å². The molecule has 14 heavy (non-hydrogen) atoms. The fraction of sp³-hybridized carbons (Fsp3) is 0.364. The third-order valence-electron chi connectivity index (χ3n) is 1.83. The maximum atomic E-state index is 8.84. The number of aliphatic hydroxyl groups excluding tert-OH is 1. The molecule has 1 N–H and O–H groups in total. The van der Waals surface area contributed by atoms with Crippen molar-refractivity contribution in [1.82, 2.24) is 0 Å². The molecule has 0 saturated heterocycles. The summed E-state index contributed by atoms with van der Waals surface area (Å²) in [6.45, 7) is 2.24. The minimum Gasteiger partial charge on any atom is -0.396 e. The van der Waals surface area contributed by atoms with E-state index >= 15 is 0 Å². The number of nitrogens with zero attached hydrogens (tertiary/aromatic N) is 1. The van der Waals surface area contributed by atoms with Crippen molar-refractivity contribution >= 4 is 11.8 Å². The van der Waals surface area contributed by atoms with Crippen LogP contribution >= 0.6 is 11.8 Å². The Hall–Kier alpha value is -0.980. The van der Waals surface area contributed by atoms with Gasteiger partial charge in [-0.25, -0.2) is 0 Å². The number of hydrogen-bond donors (Lipinski definition) is 1. The van der Waals surface area contributed by atoms with Crippen LogP contribution in [-0.2, 0) is 0 Å². The highest BCUT2D eigenvalue weighted by molar-refractivity contribution is 7.99. The van der Waals surface area contributed by atoms with Gasteiger partial charge in [0.15, 0.2) is 0 Å². The van der Waals surface area contributed by atoms with Crippen LogP contribution in [0.1, 0.15) is 12.5 Å². The van der Waals surface area contributed by atoms with Gasteiger partial charge >= 0.3 is 0 Å². The number of aliphatic hydroxyl groups is 1. The molecule has 2 nitrogen and oxygen atoms in total. The molecule has 0 spiro atoms. The molecule has 0 bridgehead atoms. The van der Waals surface area contributed by atoms with E-state index in [1.54, 1.807) is 11.8 Å². The lowest BCUT2D eigenvalue weighted by Crippen LogP contribution is -2.02. The highest BCUT2D eigenvalue weighted by atomic mass is 32.2. The molecule has 0 fully saturated rings. The Kier molecular flexibility index (Phi) is 4.51. The topological polar surface area (TPSA) is 44.0 Å². The molecule has 74 valence electrons. The van der Waals surface area contributed by atoms with Crippen LogP contribution in [-0.4, -0.2) is 17.5 Å². The zero-order valence-electron chi connectivity index (χ0n) is 8.10.